The summed E-state index contributed by atoms with van der Waals surface area (Å²) in [5.41, 5.74) is 0.158. The number of ether oxygens (including phenoxy) is 1. The Morgan fingerprint density at radius 3 is 2.88 bits per heavy atom. The predicted octanol–water partition coefficient (Wildman–Crippen LogP) is 2.05. The topological polar surface area (TPSA) is 52.3 Å². The number of fused-ring (bicyclic) bond motifs is 1. The smallest absolute Gasteiger partial charge is 0.179 e. The van der Waals surface area contributed by atoms with Crippen LogP contribution in [-0.2, 0) is 10.3 Å². The van der Waals surface area contributed by atoms with Gasteiger partial charge in [-0.05, 0) is 20.8 Å². The van der Waals surface area contributed by atoms with Gasteiger partial charge in [-0.15, -0.1) is 10.2 Å². The summed E-state index contributed by atoms with van der Waals surface area (Å²) in [6, 6.07) is 0. The van der Waals surface area contributed by atoms with Gasteiger partial charge in [-0.2, -0.15) is 0 Å². The van der Waals surface area contributed by atoms with Crippen LogP contribution in [0.25, 0.3) is 5.65 Å². The van der Waals surface area contributed by atoms with Crippen LogP contribution < -0.4 is 0 Å². The molecule has 6 heteroatoms. The number of rotatable bonds is 3. The summed E-state index contributed by atoms with van der Waals surface area (Å²) in [7, 11) is 0. The third kappa shape index (κ3) is 1.88. The van der Waals surface area contributed by atoms with Gasteiger partial charge in [0.25, 0.3) is 0 Å². The van der Waals surface area contributed by atoms with Gasteiger partial charge < -0.3 is 4.74 Å². The van der Waals surface area contributed by atoms with E-state index < -0.39 is 5.60 Å². The van der Waals surface area contributed by atoms with Gasteiger partial charge in [0.15, 0.2) is 11.5 Å². The van der Waals surface area contributed by atoms with E-state index in [2.05, 4.69) is 15.2 Å². The monoisotopic (exact) mass is 240 g/mol. The zero-order valence-electron chi connectivity index (χ0n) is 9.44. The molecule has 0 bridgehead atoms. The van der Waals surface area contributed by atoms with Crippen molar-refractivity contribution in [2.45, 2.75) is 26.4 Å². The summed E-state index contributed by atoms with van der Waals surface area (Å²) >= 11 is 5.85. The molecular weight excluding hydrogens is 228 g/mol. The largest absolute Gasteiger partial charge is 0.368 e. The first-order chi connectivity index (χ1) is 7.54. The molecule has 16 heavy (non-hydrogen) atoms. The fraction of sp³-hybridized carbons (Fsp3) is 0.500. The minimum absolute atomic E-state index is 0.404. The van der Waals surface area contributed by atoms with Gasteiger partial charge in [0, 0.05) is 12.8 Å². The Bertz CT molecular complexity index is 508. The molecule has 0 aliphatic rings. The van der Waals surface area contributed by atoms with Crippen molar-refractivity contribution in [1.29, 1.82) is 0 Å². The third-order valence-electron chi connectivity index (χ3n) is 2.30. The second-order valence-corrected chi connectivity index (χ2v) is 4.29. The Hall–Kier alpha value is -1.20. The van der Waals surface area contributed by atoms with Gasteiger partial charge in [-0.25, -0.2) is 4.98 Å². The molecule has 0 N–H and O–H groups in total. The lowest BCUT2D eigenvalue weighted by Crippen LogP contribution is -2.24. The molecule has 0 saturated carbocycles. The zero-order chi connectivity index (χ0) is 11.8. The average Bonchev–Trinajstić information content (AvgIpc) is 2.60. The molecule has 0 spiro atoms. The molecule has 5 nitrogen and oxygen atoms in total. The van der Waals surface area contributed by atoms with Crippen LogP contribution in [0.15, 0.2) is 12.4 Å². The van der Waals surface area contributed by atoms with Crippen molar-refractivity contribution >= 4 is 17.2 Å². The third-order valence-corrected chi connectivity index (χ3v) is 2.50. The van der Waals surface area contributed by atoms with Gasteiger partial charge in [-0.3, -0.25) is 4.40 Å². The predicted molar refractivity (Wildman–Crippen MR) is 60.4 cm³/mol. The Labute approximate surface area is 98.4 Å². The van der Waals surface area contributed by atoms with E-state index in [9.17, 15) is 0 Å². The number of nitrogens with zero attached hydrogens (tertiary/aromatic N) is 4. The van der Waals surface area contributed by atoms with Crippen molar-refractivity contribution in [2.75, 3.05) is 6.61 Å². The molecule has 2 rings (SSSR count). The molecular formula is C10H13ClN4O. The van der Waals surface area contributed by atoms with Gasteiger partial charge in [-0.1, -0.05) is 11.6 Å². The van der Waals surface area contributed by atoms with E-state index in [0.29, 0.717) is 23.2 Å². The second kappa shape index (κ2) is 3.99. The summed E-state index contributed by atoms with van der Waals surface area (Å²) < 4.78 is 7.43. The molecule has 0 aromatic carbocycles. The lowest BCUT2D eigenvalue weighted by molar-refractivity contribution is -0.0215. The SMILES string of the molecule is CCOC(C)(C)c1nnc2cnc(Cl)cn12. The lowest BCUT2D eigenvalue weighted by Gasteiger charge is -2.22. The van der Waals surface area contributed by atoms with Crippen molar-refractivity contribution in [3.05, 3.63) is 23.4 Å². The number of halogens is 1. The molecule has 0 amide bonds. The Kier molecular flexibility index (Phi) is 2.82. The summed E-state index contributed by atoms with van der Waals surface area (Å²) in [5.74, 6) is 0.716. The highest BCUT2D eigenvalue weighted by Gasteiger charge is 2.26. The van der Waals surface area contributed by atoms with E-state index in [1.54, 1.807) is 16.8 Å². The second-order valence-electron chi connectivity index (χ2n) is 3.91. The molecule has 0 fully saturated rings. The summed E-state index contributed by atoms with van der Waals surface area (Å²) in [6.07, 6.45) is 3.27. The Morgan fingerprint density at radius 2 is 2.19 bits per heavy atom. The van der Waals surface area contributed by atoms with Crippen LogP contribution in [0.2, 0.25) is 5.15 Å². The molecule has 0 aliphatic carbocycles. The van der Waals surface area contributed by atoms with Crippen LogP contribution in [0.5, 0.6) is 0 Å². The van der Waals surface area contributed by atoms with Crippen LogP contribution >= 0.6 is 11.6 Å². The van der Waals surface area contributed by atoms with E-state index in [1.165, 1.54) is 0 Å². The molecule has 2 aromatic rings. The average molecular weight is 241 g/mol. The highest BCUT2D eigenvalue weighted by molar-refractivity contribution is 6.29. The first-order valence-electron chi connectivity index (χ1n) is 5.05. The number of hydrogen-bond donors (Lipinski definition) is 0. The fourth-order valence-electron chi connectivity index (χ4n) is 1.61. The highest BCUT2D eigenvalue weighted by atomic mass is 35.5. The van der Waals surface area contributed by atoms with Crippen LogP contribution in [0.1, 0.15) is 26.6 Å². The summed E-state index contributed by atoms with van der Waals surface area (Å²) in [6.45, 7) is 6.45. The molecule has 0 aliphatic heterocycles. The van der Waals surface area contributed by atoms with Crippen LogP contribution in [-0.4, -0.2) is 26.2 Å². The van der Waals surface area contributed by atoms with Crippen molar-refractivity contribution in [3.8, 4) is 0 Å². The summed E-state index contributed by atoms with van der Waals surface area (Å²) in [5, 5.41) is 8.54. The Balaban J connectivity index is 2.56. The number of aromatic nitrogens is 4. The fourth-order valence-corrected chi connectivity index (χ4v) is 1.76. The molecule has 0 unspecified atom stereocenters. The van der Waals surface area contributed by atoms with E-state index in [0.717, 1.165) is 0 Å². The molecule has 86 valence electrons. The first-order valence-corrected chi connectivity index (χ1v) is 5.43. The maximum Gasteiger partial charge on any atom is 0.179 e. The first kappa shape index (κ1) is 11.3. The maximum atomic E-state index is 5.85. The lowest BCUT2D eigenvalue weighted by atomic mass is 10.1. The quantitative estimate of drug-likeness (QED) is 0.824. The van der Waals surface area contributed by atoms with E-state index >= 15 is 0 Å². The maximum absolute atomic E-state index is 5.85. The standard InChI is InChI=1S/C10H13ClN4O/c1-4-16-10(2,3)9-14-13-8-5-12-7(11)6-15(8)9/h5-6H,4H2,1-3H3. The molecule has 0 atom stereocenters. The van der Waals surface area contributed by atoms with Crippen molar-refractivity contribution < 1.29 is 4.74 Å². The highest BCUT2D eigenvalue weighted by Crippen LogP contribution is 2.23. The molecule has 2 heterocycles. The number of hydrogen-bond acceptors (Lipinski definition) is 4. The van der Waals surface area contributed by atoms with Gasteiger partial charge >= 0.3 is 0 Å². The Morgan fingerprint density at radius 1 is 1.44 bits per heavy atom. The van der Waals surface area contributed by atoms with Crippen molar-refractivity contribution in [3.63, 3.8) is 0 Å². The van der Waals surface area contributed by atoms with Crippen LogP contribution in [0, 0.1) is 0 Å². The van der Waals surface area contributed by atoms with Crippen molar-refractivity contribution in [1.82, 2.24) is 19.6 Å². The van der Waals surface area contributed by atoms with Crippen LogP contribution in [0.4, 0.5) is 0 Å². The molecule has 0 radical (unpaired) electrons. The van der Waals surface area contributed by atoms with E-state index in [-0.39, 0.29) is 0 Å². The van der Waals surface area contributed by atoms with E-state index in [1.807, 2.05) is 20.8 Å². The molecule has 0 saturated heterocycles. The minimum Gasteiger partial charge on any atom is -0.368 e. The van der Waals surface area contributed by atoms with Crippen molar-refractivity contribution in [2.24, 2.45) is 0 Å². The normalized spacial score (nSPS) is 12.2. The van der Waals surface area contributed by atoms with Gasteiger partial charge in [0.05, 0.1) is 6.20 Å². The summed E-state index contributed by atoms with van der Waals surface area (Å²) in [4.78, 5) is 3.95. The molecule has 2 aromatic heterocycles. The minimum atomic E-state index is -0.501. The van der Waals surface area contributed by atoms with E-state index in [4.69, 9.17) is 16.3 Å². The van der Waals surface area contributed by atoms with Crippen LogP contribution in [0.3, 0.4) is 0 Å². The van der Waals surface area contributed by atoms with Gasteiger partial charge in [0.2, 0.25) is 0 Å². The van der Waals surface area contributed by atoms with Gasteiger partial charge in [0.1, 0.15) is 10.8 Å². The zero-order valence-corrected chi connectivity index (χ0v) is 10.2.